The fourth-order valence-electron chi connectivity index (χ4n) is 2.58. The second kappa shape index (κ2) is 12.5. The predicted molar refractivity (Wildman–Crippen MR) is 102 cm³/mol. The number of halogens is 1. The molecule has 0 radical (unpaired) electrons. The van der Waals surface area contributed by atoms with Crippen molar-refractivity contribution in [3.8, 4) is 0 Å². The van der Waals surface area contributed by atoms with Gasteiger partial charge in [-0.2, -0.15) is 0 Å². The van der Waals surface area contributed by atoms with Crippen molar-refractivity contribution in [3.63, 3.8) is 0 Å². The highest BCUT2D eigenvalue weighted by molar-refractivity contribution is 14.0. The quantitative estimate of drug-likeness (QED) is 0.302. The van der Waals surface area contributed by atoms with Crippen molar-refractivity contribution in [2.75, 3.05) is 32.8 Å². The molecule has 4 nitrogen and oxygen atoms in total. The fourth-order valence-corrected chi connectivity index (χ4v) is 2.58. The maximum absolute atomic E-state index is 5.71. The zero-order chi connectivity index (χ0) is 14.8. The molecule has 0 aliphatic carbocycles. The molecular formula is C16H34IN3O. The van der Waals surface area contributed by atoms with E-state index in [1.54, 1.807) is 0 Å². The first-order valence-corrected chi connectivity index (χ1v) is 8.32. The maximum atomic E-state index is 5.71. The van der Waals surface area contributed by atoms with Gasteiger partial charge < -0.3 is 15.0 Å². The van der Waals surface area contributed by atoms with Crippen LogP contribution in [-0.2, 0) is 4.74 Å². The summed E-state index contributed by atoms with van der Waals surface area (Å²) in [6.07, 6.45) is 5.12. The molecule has 1 rings (SSSR count). The van der Waals surface area contributed by atoms with E-state index in [2.05, 4.69) is 37.9 Å². The SMILES string of the molecule is CCNC(=NCCCC(C)C)N1CCC(OCC)CC1.I. The second-order valence-electron chi connectivity index (χ2n) is 5.91. The summed E-state index contributed by atoms with van der Waals surface area (Å²) in [4.78, 5) is 7.15. The van der Waals surface area contributed by atoms with Gasteiger partial charge in [-0.25, -0.2) is 0 Å². The van der Waals surface area contributed by atoms with Gasteiger partial charge in [0.25, 0.3) is 0 Å². The number of nitrogens with one attached hydrogen (secondary N) is 1. The van der Waals surface area contributed by atoms with Crippen LogP contribution in [0.1, 0.15) is 53.4 Å². The molecule has 1 heterocycles. The minimum absolute atomic E-state index is 0. The Morgan fingerprint density at radius 3 is 2.48 bits per heavy atom. The van der Waals surface area contributed by atoms with Gasteiger partial charge in [-0.3, -0.25) is 4.99 Å². The molecule has 126 valence electrons. The highest BCUT2D eigenvalue weighted by Crippen LogP contribution is 2.14. The van der Waals surface area contributed by atoms with Gasteiger partial charge in [0.2, 0.25) is 0 Å². The summed E-state index contributed by atoms with van der Waals surface area (Å²) in [6.45, 7) is 13.6. The van der Waals surface area contributed by atoms with Crippen LogP contribution >= 0.6 is 24.0 Å². The Kier molecular flexibility index (Phi) is 12.5. The van der Waals surface area contributed by atoms with Crippen LogP contribution in [0.25, 0.3) is 0 Å². The van der Waals surface area contributed by atoms with Crippen LogP contribution in [0.3, 0.4) is 0 Å². The van der Waals surface area contributed by atoms with Crippen LogP contribution in [0, 0.1) is 5.92 Å². The molecule has 1 fully saturated rings. The summed E-state index contributed by atoms with van der Waals surface area (Å²) >= 11 is 0. The molecule has 1 aliphatic heterocycles. The molecular weight excluding hydrogens is 377 g/mol. The highest BCUT2D eigenvalue weighted by Gasteiger charge is 2.21. The summed E-state index contributed by atoms with van der Waals surface area (Å²) in [5.74, 6) is 1.86. The van der Waals surface area contributed by atoms with E-state index in [0.29, 0.717) is 6.10 Å². The first-order valence-electron chi connectivity index (χ1n) is 8.32. The van der Waals surface area contributed by atoms with Gasteiger partial charge in [0.1, 0.15) is 0 Å². The summed E-state index contributed by atoms with van der Waals surface area (Å²) < 4.78 is 5.71. The third kappa shape index (κ3) is 8.86. The van der Waals surface area contributed by atoms with Crippen molar-refractivity contribution in [1.29, 1.82) is 0 Å². The summed E-state index contributed by atoms with van der Waals surface area (Å²) in [7, 11) is 0. The van der Waals surface area contributed by atoms with Crippen molar-refractivity contribution in [2.24, 2.45) is 10.9 Å². The van der Waals surface area contributed by atoms with E-state index < -0.39 is 0 Å². The number of aliphatic imine (C=N–C) groups is 1. The minimum Gasteiger partial charge on any atom is -0.378 e. The smallest absolute Gasteiger partial charge is 0.193 e. The number of likely N-dealkylation sites (tertiary alicyclic amines) is 1. The second-order valence-corrected chi connectivity index (χ2v) is 5.91. The van der Waals surface area contributed by atoms with E-state index in [4.69, 9.17) is 9.73 Å². The molecule has 0 aromatic carbocycles. The Bertz CT molecular complexity index is 277. The Morgan fingerprint density at radius 2 is 1.95 bits per heavy atom. The van der Waals surface area contributed by atoms with E-state index >= 15 is 0 Å². The van der Waals surface area contributed by atoms with Crippen molar-refractivity contribution in [3.05, 3.63) is 0 Å². The van der Waals surface area contributed by atoms with Crippen molar-refractivity contribution < 1.29 is 4.74 Å². The van der Waals surface area contributed by atoms with Gasteiger partial charge in [0, 0.05) is 32.8 Å². The first kappa shape index (κ1) is 21.0. The third-order valence-corrected chi connectivity index (χ3v) is 3.68. The van der Waals surface area contributed by atoms with Gasteiger partial charge in [-0.1, -0.05) is 13.8 Å². The van der Waals surface area contributed by atoms with Crippen LogP contribution in [-0.4, -0.2) is 49.7 Å². The number of piperidine rings is 1. The molecule has 0 amide bonds. The van der Waals surface area contributed by atoms with E-state index in [9.17, 15) is 0 Å². The van der Waals surface area contributed by atoms with E-state index in [0.717, 1.165) is 57.5 Å². The lowest BCUT2D eigenvalue weighted by Crippen LogP contribution is -2.47. The molecule has 0 unspecified atom stereocenters. The zero-order valence-electron chi connectivity index (χ0n) is 14.2. The average Bonchev–Trinajstić information content (AvgIpc) is 2.43. The lowest BCUT2D eigenvalue weighted by molar-refractivity contribution is 0.0264. The van der Waals surface area contributed by atoms with E-state index in [1.807, 2.05) is 0 Å². The minimum atomic E-state index is 0. The third-order valence-electron chi connectivity index (χ3n) is 3.68. The number of rotatable bonds is 7. The molecule has 5 heteroatoms. The van der Waals surface area contributed by atoms with Crippen molar-refractivity contribution in [2.45, 2.75) is 59.5 Å². The number of guanidine groups is 1. The Labute approximate surface area is 148 Å². The maximum Gasteiger partial charge on any atom is 0.193 e. The normalized spacial score (nSPS) is 17.0. The van der Waals surface area contributed by atoms with Crippen LogP contribution < -0.4 is 5.32 Å². The molecule has 0 bridgehead atoms. The predicted octanol–water partition coefficient (Wildman–Crippen LogP) is 3.51. The highest BCUT2D eigenvalue weighted by atomic mass is 127. The number of ether oxygens (including phenoxy) is 1. The number of hydrogen-bond donors (Lipinski definition) is 1. The zero-order valence-corrected chi connectivity index (χ0v) is 16.6. The van der Waals surface area contributed by atoms with Crippen molar-refractivity contribution in [1.82, 2.24) is 10.2 Å². The molecule has 1 aliphatic rings. The van der Waals surface area contributed by atoms with Gasteiger partial charge in [0.05, 0.1) is 6.10 Å². The van der Waals surface area contributed by atoms with E-state index in [1.165, 1.54) is 12.8 Å². The molecule has 1 N–H and O–H groups in total. The molecule has 0 atom stereocenters. The van der Waals surface area contributed by atoms with Gasteiger partial charge in [0.15, 0.2) is 5.96 Å². The fraction of sp³-hybridized carbons (Fsp3) is 0.938. The standard InChI is InChI=1S/C16H33N3O.HI/c1-5-17-16(18-11-7-8-14(3)4)19-12-9-15(10-13-19)20-6-2;/h14-15H,5-13H2,1-4H3,(H,17,18);1H. The summed E-state index contributed by atoms with van der Waals surface area (Å²) in [5, 5.41) is 3.42. The lowest BCUT2D eigenvalue weighted by Gasteiger charge is -2.34. The molecule has 1 saturated heterocycles. The monoisotopic (exact) mass is 411 g/mol. The van der Waals surface area contributed by atoms with Gasteiger partial charge in [-0.15, -0.1) is 24.0 Å². The lowest BCUT2D eigenvalue weighted by atomic mass is 10.1. The average molecular weight is 411 g/mol. The largest absolute Gasteiger partial charge is 0.378 e. The van der Waals surface area contributed by atoms with E-state index in [-0.39, 0.29) is 24.0 Å². The topological polar surface area (TPSA) is 36.9 Å². The van der Waals surface area contributed by atoms with Crippen LogP contribution in [0.5, 0.6) is 0 Å². The van der Waals surface area contributed by atoms with Crippen molar-refractivity contribution >= 4 is 29.9 Å². The molecule has 0 spiro atoms. The van der Waals surface area contributed by atoms with Crippen LogP contribution in [0.4, 0.5) is 0 Å². The van der Waals surface area contributed by atoms with Crippen LogP contribution in [0.2, 0.25) is 0 Å². The molecule has 0 aromatic heterocycles. The molecule has 0 saturated carbocycles. The summed E-state index contributed by atoms with van der Waals surface area (Å²) in [6, 6.07) is 0. The van der Waals surface area contributed by atoms with Gasteiger partial charge >= 0.3 is 0 Å². The number of hydrogen-bond acceptors (Lipinski definition) is 2. The Balaban J connectivity index is 0.00000400. The Hall–Kier alpha value is -0.0400. The summed E-state index contributed by atoms with van der Waals surface area (Å²) in [5.41, 5.74) is 0. The number of nitrogens with zero attached hydrogens (tertiary/aromatic N) is 2. The Morgan fingerprint density at radius 1 is 1.29 bits per heavy atom. The first-order chi connectivity index (χ1) is 9.67. The molecule has 21 heavy (non-hydrogen) atoms. The van der Waals surface area contributed by atoms with Gasteiger partial charge in [-0.05, 0) is 45.4 Å². The van der Waals surface area contributed by atoms with Crippen LogP contribution in [0.15, 0.2) is 4.99 Å². The molecule has 0 aromatic rings.